The van der Waals surface area contributed by atoms with Gasteiger partial charge in [0.05, 0.1) is 29.8 Å². The van der Waals surface area contributed by atoms with Gasteiger partial charge in [-0.15, -0.1) is 10.2 Å². The van der Waals surface area contributed by atoms with Gasteiger partial charge >= 0.3 is 0 Å². The first-order chi connectivity index (χ1) is 15.0. The molecule has 2 aliphatic rings. The Morgan fingerprint density at radius 1 is 1.00 bits per heavy atom. The van der Waals surface area contributed by atoms with E-state index in [1.54, 1.807) is 31.2 Å². The van der Waals surface area contributed by atoms with Gasteiger partial charge in [0.15, 0.2) is 0 Å². The Labute approximate surface area is 179 Å². The minimum Gasteiger partial charge on any atom is -0.424 e. The van der Waals surface area contributed by atoms with Crippen LogP contribution in [0.15, 0.2) is 52.9 Å². The van der Waals surface area contributed by atoms with E-state index in [1.807, 2.05) is 12.1 Å². The summed E-state index contributed by atoms with van der Waals surface area (Å²) in [4.78, 5) is 28.5. The molecular weight excluding hydrogens is 396 g/mol. The number of benzene rings is 2. The lowest BCUT2D eigenvalue weighted by atomic mass is 9.93. The zero-order valence-electron chi connectivity index (χ0n) is 17.1. The molecule has 3 heterocycles. The van der Waals surface area contributed by atoms with E-state index in [1.165, 1.54) is 11.1 Å². The molecule has 0 saturated carbocycles. The SMILES string of the molecule is Cc1nnc(C2Cc3ccccc3CN2CC(O)CN2C(=O)c3ccccc3C2=O)o1. The number of nitrogens with zero attached hydrogens (tertiary/aromatic N) is 4. The Morgan fingerprint density at radius 2 is 1.65 bits per heavy atom. The van der Waals surface area contributed by atoms with Crippen LogP contribution in [-0.2, 0) is 13.0 Å². The minimum absolute atomic E-state index is 0.0694. The molecule has 2 aromatic carbocycles. The second kappa shape index (κ2) is 7.72. The molecule has 158 valence electrons. The Hall–Kier alpha value is -3.36. The number of aliphatic hydroxyl groups excluding tert-OH is 1. The molecule has 2 unspecified atom stereocenters. The first-order valence-corrected chi connectivity index (χ1v) is 10.3. The van der Waals surface area contributed by atoms with Crippen molar-refractivity contribution in [2.45, 2.75) is 32.0 Å². The second-order valence-electron chi connectivity index (χ2n) is 8.00. The largest absolute Gasteiger partial charge is 0.424 e. The third-order valence-electron chi connectivity index (χ3n) is 5.89. The van der Waals surface area contributed by atoms with Crippen LogP contribution in [0.3, 0.4) is 0 Å². The number of aryl methyl sites for hydroxylation is 1. The van der Waals surface area contributed by atoms with Gasteiger partial charge in [-0.05, 0) is 29.7 Å². The molecule has 2 aliphatic heterocycles. The molecule has 0 bridgehead atoms. The molecule has 0 fully saturated rings. The molecule has 0 aliphatic carbocycles. The lowest BCUT2D eigenvalue weighted by Crippen LogP contribution is -2.45. The lowest BCUT2D eigenvalue weighted by molar-refractivity contribution is 0.0352. The highest BCUT2D eigenvalue weighted by atomic mass is 16.4. The number of hydrogen-bond acceptors (Lipinski definition) is 7. The number of amides is 2. The molecule has 1 aromatic heterocycles. The highest BCUT2D eigenvalue weighted by Crippen LogP contribution is 2.33. The smallest absolute Gasteiger partial charge is 0.261 e. The van der Waals surface area contributed by atoms with E-state index in [2.05, 4.69) is 27.2 Å². The molecular formula is C23H22N4O4. The predicted molar refractivity (Wildman–Crippen MR) is 110 cm³/mol. The fraction of sp³-hybridized carbons (Fsp3) is 0.304. The van der Waals surface area contributed by atoms with Crippen LogP contribution in [0, 0.1) is 6.92 Å². The van der Waals surface area contributed by atoms with Crippen molar-refractivity contribution in [3.8, 4) is 0 Å². The van der Waals surface area contributed by atoms with E-state index >= 15 is 0 Å². The number of carbonyl (C=O) groups excluding carboxylic acids is 2. The van der Waals surface area contributed by atoms with Gasteiger partial charge in [0.1, 0.15) is 0 Å². The van der Waals surface area contributed by atoms with Crippen LogP contribution >= 0.6 is 0 Å². The second-order valence-corrected chi connectivity index (χ2v) is 8.00. The van der Waals surface area contributed by atoms with Crippen LogP contribution in [0.2, 0.25) is 0 Å². The third kappa shape index (κ3) is 3.54. The van der Waals surface area contributed by atoms with Gasteiger partial charge in [0, 0.05) is 20.0 Å². The van der Waals surface area contributed by atoms with Crippen molar-refractivity contribution in [1.29, 1.82) is 0 Å². The molecule has 5 rings (SSSR count). The van der Waals surface area contributed by atoms with Crippen molar-refractivity contribution in [2.24, 2.45) is 0 Å². The molecule has 0 spiro atoms. The van der Waals surface area contributed by atoms with Crippen molar-refractivity contribution in [3.63, 3.8) is 0 Å². The molecule has 1 N–H and O–H groups in total. The van der Waals surface area contributed by atoms with Crippen LogP contribution in [-0.4, -0.2) is 56.1 Å². The average Bonchev–Trinajstić information content (AvgIpc) is 3.31. The molecule has 2 amide bonds. The van der Waals surface area contributed by atoms with Crippen molar-refractivity contribution in [1.82, 2.24) is 20.0 Å². The van der Waals surface area contributed by atoms with Crippen LogP contribution in [0.1, 0.15) is 49.7 Å². The Morgan fingerprint density at radius 3 is 2.29 bits per heavy atom. The van der Waals surface area contributed by atoms with Crippen LogP contribution in [0.5, 0.6) is 0 Å². The number of aromatic nitrogens is 2. The number of imide groups is 1. The minimum atomic E-state index is -0.918. The van der Waals surface area contributed by atoms with E-state index in [0.29, 0.717) is 35.9 Å². The zero-order valence-corrected chi connectivity index (χ0v) is 17.1. The molecule has 8 heteroatoms. The number of carbonyl (C=O) groups is 2. The summed E-state index contributed by atoms with van der Waals surface area (Å²) in [5, 5.41) is 19.0. The van der Waals surface area contributed by atoms with Gasteiger partial charge in [-0.25, -0.2) is 0 Å². The third-order valence-corrected chi connectivity index (χ3v) is 5.89. The van der Waals surface area contributed by atoms with E-state index in [0.717, 1.165) is 4.90 Å². The number of fused-ring (bicyclic) bond motifs is 2. The number of hydrogen-bond donors (Lipinski definition) is 1. The Balaban J connectivity index is 1.35. The normalized spacial score (nSPS) is 19.4. The van der Waals surface area contributed by atoms with Crippen molar-refractivity contribution < 1.29 is 19.1 Å². The molecule has 31 heavy (non-hydrogen) atoms. The maximum atomic E-state index is 12.6. The topological polar surface area (TPSA) is 99.8 Å². The van der Waals surface area contributed by atoms with Crippen molar-refractivity contribution >= 4 is 11.8 Å². The van der Waals surface area contributed by atoms with Crippen molar-refractivity contribution in [2.75, 3.05) is 13.1 Å². The summed E-state index contributed by atoms with van der Waals surface area (Å²) in [7, 11) is 0. The number of β-amino-alcohol motifs (C(OH)–C–C–N with tert-alkyl or cyclic N) is 1. The van der Waals surface area contributed by atoms with Gasteiger partial charge in [0.2, 0.25) is 11.8 Å². The molecule has 2 atom stereocenters. The molecule has 8 nitrogen and oxygen atoms in total. The summed E-state index contributed by atoms with van der Waals surface area (Å²) in [5.41, 5.74) is 3.13. The standard InChI is InChI=1S/C23H22N4O4/c1-14-24-25-21(31-14)20-10-15-6-2-3-7-16(15)11-26(20)12-17(28)13-27-22(29)18-8-4-5-9-19(18)23(27)30/h2-9,17,20,28H,10-13H2,1H3. The summed E-state index contributed by atoms with van der Waals surface area (Å²) in [6.45, 7) is 2.53. The average molecular weight is 418 g/mol. The molecule has 0 saturated heterocycles. The first kappa shape index (κ1) is 19.6. The quantitative estimate of drug-likeness (QED) is 0.634. The van der Waals surface area contributed by atoms with Gasteiger partial charge in [0.25, 0.3) is 11.8 Å². The van der Waals surface area contributed by atoms with Gasteiger partial charge in [-0.3, -0.25) is 19.4 Å². The summed E-state index contributed by atoms with van der Waals surface area (Å²) >= 11 is 0. The summed E-state index contributed by atoms with van der Waals surface area (Å²) in [6.07, 6.45) is -0.239. The van der Waals surface area contributed by atoms with E-state index < -0.39 is 6.10 Å². The van der Waals surface area contributed by atoms with E-state index in [4.69, 9.17) is 4.42 Å². The molecule has 3 aromatic rings. The highest BCUT2D eigenvalue weighted by Gasteiger charge is 2.38. The van der Waals surface area contributed by atoms with Gasteiger partial charge in [-0.2, -0.15) is 0 Å². The van der Waals surface area contributed by atoms with E-state index in [-0.39, 0.29) is 30.9 Å². The summed E-state index contributed by atoms with van der Waals surface area (Å²) < 4.78 is 5.70. The van der Waals surface area contributed by atoms with Crippen LogP contribution in [0.25, 0.3) is 0 Å². The summed E-state index contributed by atoms with van der Waals surface area (Å²) in [6, 6.07) is 14.7. The van der Waals surface area contributed by atoms with Crippen LogP contribution in [0.4, 0.5) is 0 Å². The zero-order chi connectivity index (χ0) is 21.5. The maximum Gasteiger partial charge on any atom is 0.261 e. The lowest BCUT2D eigenvalue weighted by Gasteiger charge is -2.36. The number of rotatable bonds is 5. The Kier molecular flexibility index (Phi) is 4.88. The monoisotopic (exact) mass is 418 g/mol. The summed E-state index contributed by atoms with van der Waals surface area (Å²) in [5.74, 6) is 0.251. The fourth-order valence-corrected chi connectivity index (χ4v) is 4.40. The van der Waals surface area contributed by atoms with Gasteiger partial charge < -0.3 is 9.52 Å². The molecule has 0 radical (unpaired) electrons. The predicted octanol–water partition coefficient (Wildman–Crippen LogP) is 2.13. The first-order valence-electron chi connectivity index (χ1n) is 10.3. The maximum absolute atomic E-state index is 12.6. The fourth-order valence-electron chi connectivity index (χ4n) is 4.40. The van der Waals surface area contributed by atoms with Crippen LogP contribution < -0.4 is 0 Å². The van der Waals surface area contributed by atoms with Crippen molar-refractivity contribution in [3.05, 3.63) is 82.6 Å². The van der Waals surface area contributed by atoms with E-state index in [9.17, 15) is 14.7 Å². The number of aliphatic hydroxyl groups is 1. The van der Waals surface area contributed by atoms with Gasteiger partial charge in [-0.1, -0.05) is 36.4 Å². The highest BCUT2D eigenvalue weighted by molar-refractivity contribution is 6.21. The Bertz CT molecular complexity index is 1120.